The van der Waals surface area contributed by atoms with Crippen molar-refractivity contribution in [2.24, 2.45) is 0 Å². The van der Waals surface area contributed by atoms with Crippen LogP contribution in [0.25, 0.3) is 22.1 Å². The summed E-state index contributed by atoms with van der Waals surface area (Å²) in [5.74, 6) is 1.47. The van der Waals surface area contributed by atoms with Crippen LogP contribution in [0, 0.1) is 0 Å². The summed E-state index contributed by atoms with van der Waals surface area (Å²) in [7, 11) is 0. The lowest BCUT2D eigenvalue weighted by molar-refractivity contribution is 0.171. The molecule has 28 heavy (non-hydrogen) atoms. The molecule has 2 aliphatic heterocycles. The van der Waals surface area contributed by atoms with Gasteiger partial charge in [0, 0.05) is 11.9 Å². The molecule has 0 atom stereocenters. The van der Waals surface area contributed by atoms with Gasteiger partial charge < -0.3 is 19.0 Å². The Morgan fingerprint density at radius 2 is 1.75 bits per heavy atom. The summed E-state index contributed by atoms with van der Waals surface area (Å²) >= 11 is 0. The molecule has 144 valence electrons. The maximum absolute atomic E-state index is 12.8. The molecule has 6 heteroatoms. The van der Waals surface area contributed by atoms with Gasteiger partial charge in [0.25, 0.3) is 0 Å². The number of aromatic hydroxyl groups is 1. The van der Waals surface area contributed by atoms with Crippen LogP contribution in [0.1, 0.15) is 18.4 Å². The van der Waals surface area contributed by atoms with Gasteiger partial charge in [-0.25, -0.2) is 4.79 Å². The number of benzene rings is 2. The van der Waals surface area contributed by atoms with Gasteiger partial charge in [-0.1, -0.05) is 6.07 Å². The zero-order valence-corrected chi connectivity index (χ0v) is 15.4. The van der Waals surface area contributed by atoms with Crippen LogP contribution in [0.2, 0.25) is 0 Å². The van der Waals surface area contributed by atoms with E-state index in [2.05, 4.69) is 4.90 Å². The Labute approximate surface area is 161 Å². The lowest BCUT2D eigenvalue weighted by atomic mass is 10.0. The Hall–Kier alpha value is -2.99. The third-order valence-corrected chi connectivity index (χ3v) is 5.41. The number of fused-ring (bicyclic) bond motifs is 2. The number of hydrogen-bond donors (Lipinski definition) is 1. The normalized spacial score (nSPS) is 16.6. The van der Waals surface area contributed by atoms with Crippen LogP contribution in [0.4, 0.5) is 0 Å². The van der Waals surface area contributed by atoms with Crippen LogP contribution in [0.5, 0.6) is 17.2 Å². The molecule has 1 aromatic heterocycles. The monoisotopic (exact) mass is 379 g/mol. The molecular formula is C22H21NO5. The van der Waals surface area contributed by atoms with Gasteiger partial charge in [-0.2, -0.15) is 0 Å². The number of phenols is 1. The van der Waals surface area contributed by atoms with E-state index in [0.717, 1.165) is 31.3 Å². The number of likely N-dealkylation sites (tertiary alicyclic amines) is 1. The lowest BCUT2D eigenvalue weighted by Gasteiger charge is -2.19. The van der Waals surface area contributed by atoms with Crippen molar-refractivity contribution in [3.05, 3.63) is 52.4 Å². The molecule has 0 unspecified atom stereocenters. The first-order valence-electron chi connectivity index (χ1n) is 9.60. The average molecular weight is 379 g/mol. The topological polar surface area (TPSA) is 72.1 Å². The predicted octanol–water partition coefficient (Wildman–Crippen LogP) is 3.53. The Morgan fingerprint density at radius 1 is 0.964 bits per heavy atom. The highest BCUT2D eigenvalue weighted by molar-refractivity contribution is 5.86. The maximum Gasteiger partial charge on any atom is 0.344 e. The summed E-state index contributed by atoms with van der Waals surface area (Å²) in [5.41, 5.74) is 1.87. The van der Waals surface area contributed by atoms with E-state index in [-0.39, 0.29) is 5.75 Å². The van der Waals surface area contributed by atoms with Gasteiger partial charge >= 0.3 is 5.63 Å². The van der Waals surface area contributed by atoms with Crippen molar-refractivity contribution in [2.45, 2.75) is 19.4 Å². The van der Waals surface area contributed by atoms with E-state index in [1.54, 1.807) is 18.2 Å². The first-order chi connectivity index (χ1) is 13.7. The van der Waals surface area contributed by atoms with Crippen LogP contribution in [0.15, 0.2) is 45.6 Å². The fourth-order valence-corrected chi connectivity index (χ4v) is 3.96. The molecular weight excluding hydrogens is 358 g/mol. The second-order valence-electron chi connectivity index (χ2n) is 7.27. The molecule has 0 radical (unpaired) electrons. The van der Waals surface area contributed by atoms with Crippen LogP contribution in [-0.2, 0) is 6.54 Å². The lowest BCUT2D eigenvalue weighted by Crippen LogP contribution is -2.19. The highest BCUT2D eigenvalue weighted by atomic mass is 16.6. The number of hydrogen-bond acceptors (Lipinski definition) is 6. The summed E-state index contributed by atoms with van der Waals surface area (Å²) in [6, 6.07) is 10.7. The maximum atomic E-state index is 12.8. The summed E-state index contributed by atoms with van der Waals surface area (Å²) in [6.07, 6.45) is 2.31. The van der Waals surface area contributed by atoms with Crippen molar-refractivity contribution in [3.8, 4) is 28.4 Å². The number of ether oxygens (including phenoxy) is 2. The number of rotatable bonds is 3. The van der Waals surface area contributed by atoms with E-state index < -0.39 is 5.63 Å². The van der Waals surface area contributed by atoms with Gasteiger partial charge in [0.05, 0.1) is 11.1 Å². The van der Waals surface area contributed by atoms with E-state index in [1.807, 2.05) is 18.2 Å². The van der Waals surface area contributed by atoms with Gasteiger partial charge in [0.1, 0.15) is 24.5 Å². The molecule has 0 saturated carbocycles. The minimum Gasteiger partial charge on any atom is -0.507 e. The number of phenolic OH excluding ortho intramolecular Hbond substituents is 1. The van der Waals surface area contributed by atoms with E-state index >= 15 is 0 Å². The highest BCUT2D eigenvalue weighted by Gasteiger charge is 2.20. The molecule has 0 spiro atoms. The van der Waals surface area contributed by atoms with Gasteiger partial charge in [0.15, 0.2) is 11.5 Å². The smallest absolute Gasteiger partial charge is 0.344 e. The molecule has 3 heterocycles. The summed E-state index contributed by atoms with van der Waals surface area (Å²) in [5, 5.41) is 11.1. The van der Waals surface area contributed by atoms with Crippen LogP contribution < -0.4 is 15.1 Å². The van der Waals surface area contributed by atoms with E-state index in [9.17, 15) is 9.90 Å². The molecule has 1 fully saturated rings. The third-order valence-electron chi connectivity index (χ3n) is 5.41. The first-order valence-corrected chi connectivity index (χ1v) is 9.60. The minimum atomic E-state index is -0.433. The van der Waals surface area contributed by atoms with Crippen LogP contribution in [0.3, 0.4) is 0 Å². The Bertz CT molecular complexity index is 1100. The van der Waals surface area contributed by atoms with Crippen molar-refractivity contribution in [2.75, 3.05) is 26.3 Å². The highest BCUT2D eigenvalue weighted by Crippen LogP contribution is 2.35. The Morgan fingerprint density at radius 3 is 2.57 bits per heavy atom. The molecule has 1 saturated heterocycles. The summed E-state index contributed by atoms with van der Waals surface area (Å²) in [6.45, 7) is 3.58. The van der Waals surface area contributed by atoms with E-state index in [0.29, 0.717) is 53.5 Å². The molecule has 2 aromatic carbocycles. The quantitative estimate of drug-likeness (QED) is 0.702. The fraction of sp³-hybridized carbons (Fsp3) is 0.318. The zero-order chi connectivity index (χ0) is 19.1. The van der Waals surface area contributed by atoms with Gasteiger partial charge in [-0.05, 0) is 61.8 Å². The van der Waals surface area contributed by atoms with Crippen molar-refractivity contribution in [1.82, 2.24) is 4.90 Å². The van der Waals surface area contributed by atoms with Crippen LogP contribution in [-0.4, -0.2) is 36.3 Å². The van der Waals surface area contributed by atoms with Gasteiger partial charge in [0.2, 0.25) is 0 Å². The molecule has 0 bridgehead atoms. The second kappa shape index (κ2) is 6.87. The van der Waals surface area contributed by atoms with Crippen LogP contribution >= 0.6 is 0 Å². The SMILES string of the molecule is O=c1oc2c(CN3CCCC3)c(O)ccc2cc1-c1ccc2c(c1)OCCO2. The largest absolute Gasteiger partial charge is 0.507 e. The van der Waals surface area contributed by atoms with Crippen molar-refractivity contribution in [3.63, 3.8) is 0 Å². The first kappa shape index (κ1) is 17.1. The molecule has 5 rings (SSSR count). The third kappa shape index (κ3) is 2.99. The van der Waals surface area contributed by atoms with E-state index in [1.165, 1.54) is 0 Å². The molecule has 6 nitrogen and oxygen atoms in total. The molecule has 0 aliphatic carbocycles. The van der Waals surface area contributed by atoms with Gasteiger partial charge in [-0.15, -0.1) is 0 Å². The zero-order valence-electron chi connectivity index (χ0n) is 15.4. The fourth-order valence-electron chi connectivity index (χ4n) is 3.96. The minimum absolute atomic E-state index is 0.162. The Kier molecular flexibility index (Phi) is 4.20. The molecule has 3 aromatic rings. The van der Waals surface area contributed by atoms with Crippen molar-refractivity contribution >= 4 is 11.0 Å². The van der Waals surface area contributed by atoms with Crippen molar-refractivity contribution < 1.29 is 19.0 Å². The second-order valence-corrected chi connectivity index (χ2v) is 7.27. The Balaban J connectivity index is 1.59. The molecule has 1 N–H and O–H groups in total. The molecule has 0 amide bonds. The predicted molar refractivity (Wildman–Crippen MR) is 105 cm³/mol. The van der Waals surface area contributed by atoms with Gasteiger partial charge in [-0.3, -0.25) is 4.90 Å². The number of nitrogens with zero attached hydrogens (tertiary/aromatic N) is 1. The summed E-state index contributed by atoms with van der Waals surface area (Å²) < 4.78 is 16.9. The van der Waals surface area contributed by atoms with Crippen molar-refractivity contribution in [1.29, 1.82) is 0 Å². The summed E-state index contributed by atoms with van der Waals surface area (Å²) in [4.78, 5) is 15.0. The average Bonchev–Trinajstić information content (AvgIpc) is 3.23. The standard InChI is InChI=1S/C22H21NO5/c24-18-5-3-15-11-16(14-4-6-19-20(12-14)27-10-9-26-19)22(25)28-21(15)17(18)13-23-7-1-2-8-23/h3-6,11-12,24H,1-2,7-10,13H2. The molecule has 2 aliphatic rings. The van der Waals surface area contributed by atoms with E-state index in [4.69, 9.17) is 13.9 Å².